The lowest BCUT2D eigenvalue weighted by Gasteiger charge is -2.13. The van der Waals surface area contributed by atoms with Crippen LogP contribution in [0.15, 0.2) is 48.5 Å². The number of hydrogen-bond acceptors (Lipinski definition) is 3. The molecule has 0 heterocycles. The molecule has 0 spiro atoms. The summed E-state index contributed by atoms with van der Waals surface area (Å²) in [7, 11) is 0. The molecule has 0 saturated heterocycles. The standard InChI is InChI=1S/C28H20Cl5F2N3O3/c29-16-6-4-14(36-27(41)23-22(28(23,32)33)13-3-5-17(30)18(31)10-13)11-15(16)26(40)37-20-8-7-19(34)25(24(20)35)38-21(39)9-12-1-2-12/h3-8,10-12,22-23H,1-2,9H2,(H,36,41)(H,37,40)(H,38,39)/t22-,23?/m0/s1. The number of rotatable bonds is 8. The lowest BCUT2D eigenvalue weighted by atomic mass is 10.1. The van der Waals surface area contributed by atoms with E-state index in [1.54, 1.807) is 18.2 Å². The van der Waals surface area contributed by atoms with Gasteiger partial charge in [-0.2, -0.15) is 0 Å². The van der Waals surface area contributed by atoms with Crippen LogP contribution in [-0.4, -0.2) is 22.1 Å². The van der Waals surface area contributed by atoms with Crippen LogP contribution in [0.5, 0.6) is 0 Å². The predicted molar refractivity (Wildman–Crippen MR) is 157 cm³/mol. The van der Waals surface area contributed by atoms with E-state index >= 15 is 4.39 Å². The van der Waals surface area contributed by atoms with Crippen molar-refractivity contribution in [2.24, 2.45) is 11.8 Å². The maximum Gasteiger partial charge on any atom is 0.257 e. The van der Waals surface area contributed by atoms with Crippen molar-refractivity contribution in [3.63, 3.8) is 0 Å². The summed E-state index contributed by atoms with van der Waals surface area (Å²) in [5.74, 6) is -5.19. The second-order valence-corrected chi connectivity index (χ2v) is 12.6. The van der Waals surface area contributed by atoms with Crippen molar-refractivity contribution in [1.82, 2.24) is 0 Å². The fourth-order valence-corrected chi connectivity index (χ4v) is 5.84. The van der Waals surface area contributed by atoms with E-state index in [0.717, 1.165) is 25.0 Å². The first-order chi connectivity index (χ1) is 19.4. The van der Waals surface area contributed by atoms with E-state index in [0.29, 0.717) is 10.6 Å². The first kappa shape index (κ1) is 29.9. The van der Waals surface area contributed by atoms with Crippen LogP contribution in [0.1, 0.15) is 41.1 Å². The third-order valence-corrected chi connectivity index (χ3v) is 8.90. The zero-order chi connectivity index (χ0) is 29.6. The Morgan fingerprint density at radius 2 is 1.56 bits per heavy atom. The molecule has 5 rings (SSSR count). The molecular weight excluding hydrogens is 642 g/mol. The van der Waals surface area contributed by atoms with Crippen molar-refractivity contribution >= 4 is 92.8 Å². The molecule has 41 heavy (non-hydrogen) atoms. The molecule has 2 saturated carbocycles. The lowest BCUT2D eigenvalue weighted by molar-refractivity contribution is -0.117. The van der Waals surface area contributed by atoms with Gasteiger partial charge in [0.1, 0.15) is 15.8 Å². The second kappa shape index (κ2) is 11.6. The van der Waals surface area contributed by atoms with Crippen molar-refractivity contribution in [3.8, 4) is 0 Å². The van der Waals surface area contributed by atoms with E-state index in [1.165, 1.54) is 18.2 Å². The molecule has 2 fully saturated rings. The van der Waals surface area contributed by atoms with Gasteiger partial charge in [-0.1, -0.05) is 40.9 Å². The zero-order valence-corrected chi connectivity index (χ0v) is 24.6. The fourth-order valence-electron chi connectivity index (χ4n) is 4.50. The van der Waals surface area contributed by atoms with Crippen LogP contribution in [0.2, 0.25) is 15.1 Å². The number of anilines is 3. The van der Waals surface area contributed by atoms with E-state index in [9.17, 15) is 18.8 Å². The van der Waals surface area contributed by atoms with Gasteiger partial charge >= 0.3 is 0 Å². The third-order valence-electron chi connectivity index (χ3n) is 6.89. The first-order valence-corrected chi connectivity index (χ1v) is 14.3. The van der Waals surface area contributed by atoms with Gasteiger partial charge in [0, 0.05) is 18.0 Å². The highest BCUT2D eigenvalue weighted by Crippen LogP contribution is 2.65. The number of benzene rings is 3. The number of alkyl halides is 2. The van der Waals surface area contributed by atoms with Crippen LogP contribution >= 0.6 is 58.0 Å². The largest absolute Gasteiger partial charge is 0.326 e. The molecule has 0 radical (unpaired) electrons. The molecule has 2 aliphatic carbocycles. The third kappa shape index (κ3) is 6.42. The summed E-state index contributed by atoms with van der Waals surface area (Å²) in [5.41, 5.74) is -0.314. The van der Waals surface area contributed by atoms with Gasteiger partial charge in [0.25, 0.3) is 5.91 Å². The average molecular weight is 662 g/mol. The summed E-state index contributed by atoms with van der Waals surface area (Å²) in [6.07, 6.45) is 1.95. The molecule has 13 heteroatoms. The normalized spacial score (nSPS) is 18.9. The highest BCUT2D eigenvalue weighted by molar-refractivity contribution is 6.53. The van der Waals surface area contributed by atoms with Crippen LogP contribution in [0, 0.1) is 23.5 Å². The van der Waals surface area contributed by atoms with Crippen LogP contribution in [0.25, 0.3) is 0 Å². The van der Waals surface area contributed by atoms with Crippen LogP contribution < -0.4 is 16.0 Å². The van der Waals surface area contributed by atoms with Gasteiger partial charge in [0.2, 0.25) is 11.8 Å². The minimum Gasteiger partial charge on any atom is -0.326 e. The summed E-state index contributed by atoms with van der Waals surface area (Å²) in [5, 5.41) is 7.88. The molecule has 6 nitrogen and oxygen atoms in total. The maximum absolute atomic E-state index is 15.1. The smallest absolute Gasteiger partial charge is 0.257 e. The minimum atomic E-state index is -1.40. The van der Waals surface area contributed by atoms with Crippen molar-refractivity contribution in [2.75, 3.05) is 16.0 Å². The summed E-state index contributed by atoms with van der Waals surface area (Å²) >= 11 is 31.1. The SMILES string of the molecule is O=C(CC1CC1)Nc1c(F)ccc(NC(=O)c2cc(NC(=O)C3[C@H](c4ccc(Cl)c(Cl)c4)C3(Cl)Cl)ccc2Cl)c1F. The number of halogens is 7. The Kier molecular flexibility index (Phi) is 8.43. The Balaban J connectivity index is 1.30. The van der Waals surface area contributed by atoms with Gasteiger partial charge in [-0.25, -0.2) is 8.78 Å². The van der Waals surface area contributed by atoms with E-state index in [4.69, 9.17) is 58.0 Å². The Labute approximate surface area is 258 Å². The van der Waals surface area contributed by atoms with E-state index in [1.807, 2.05) is 0 Å². The van der Waals surface area contributed by atoms with E-state index in [2.05, 4.69) is 16.0 Å². The van der Waals surface area contributed by atoms with E-state index < -0.39 is 51.2 Å². The van der Waals surface area contributed by atoms with Crippen molar-refractivity contribution in [3.05, 3.63) is 86.4 Å². The Morgan fingerprint density at radius 3 is 2.24 bits per heavy atom. The molecule has 1 unspecified atom stereocenters. The zero-order valence-electron chi connectivity index (χ0n) is 20.8. The molecule has 2 aliphatic rings. The monoisotopic (exact) mass is 659 g/mol. The lowest BCUT2D eigenvalue weighted by Crippen LogP contribution is -2.19. The van der Waals surface area contributed by atoms with Crippen molar-refractivity contribution in [2.45, 2.75) is 29.5 Å². The highest BCUT2D eigenvalue weighted by atomic mass is 35.5. The topological polar surface area (TPSA) is 87.3 Å². The van der Waals surface area contributed by atoms with Gasteiger partial charge in [0.15, 0.2) is 5.82 Å². The number of amides is 3. The fraction of sp³-hybridized carbons (Fsp3) is 0.250. The minimum absolute atomic E-state index is 0.00474. The maximum atomic E-state index is 15.1. The highest BCUT2D eigenvalue weighted by Gasteiger charge is 2.67. The number of nitrogens with one attached hydrogen (secondary N) is 3. The average Bonchev–Trinajstić information content (AvgIpc) is 3.82. The molecule has 3 amide bonds. The number of carbonyl (C=O) groups excluding carboxylic acids is 3. The first-order valence-electron chi connectivity index (χ1n) is 12.4. The number of carbonyl (C=O) groups is 3. The Bertz CT molecular complexity index is 1580. The van der Waals surface area contributed by atoms with Crippen LogP contribution in [0.3, 0.4) is 0 Å². The van der Waals surface area contributed by atoms with Gasteiger partial charge in [-0.3, -0.25) is 14.4 Å². The Morgan fingerprint density at radius 1 is 0.854 bits per heavy atom. The molecular formula is C28H20Cl5F2N3O3. The summed E-state index contributed by atoms with van der Waals surface area (Å²) in [4.78, 5) is 38.2. The Hall–Kier alpha value is -2.62. The molecule has 2 atom stereocenters. The van der Waals surface area contributed by atoms with Crippen LogP contribution in [0.4, 0.5) is 25.8 Å². The molecule has 0 bridgehead atoms. The molecule has 3 aromatic rings. The van der Waals surface area contributed by atoms with E-state index in [-0.39, 0.29) is 39.3 Å². The quantitative estimate of drug-likeness (QED) is 0.212. The number of hydrogen-bond donors (Lipinski definition) is 3. The molecule has 3 aromatic carbocycles. The van der Waals surface area contributed by atoms with Crippen molar-refractivity contribution in [1.29, 1.82) is 0 Å². The molecule has 3 N–H and O–H groups in total. The van der Waals surface area contributed by atoms with Gasteiger partial charge in [0.05, 0.1) is 32.2 Å². The second-order valence-electron chi connectivity index (χ2n) is 9.92. The van der Waals surface area contributed by atoms with Gasteiger partial charge < -0.3 is 16.0 Å². The summed E-state index contributed by atoms with van der Waals surface area (Å²) in [6, 6.07) is 10.9. The molecule has 214 valence electrons. The predicted octanol–water partition coefficient (Wildman–Crippen LogP) is 8.44. The molecule has 0 aliphatic heterocycles. The van der Waals surface area contributed by atoms with Gasteiger partial charge in [-0.15, -0.1) is 23.2 Å². The van der Waals surface area contributed by atoms with Crippen LogP contribution in [-0.2, 0) is 9.59 Å². The molecule has 0 aromatic heterocycles. The van der Waals surface area contributed by atoms with Gasteiger partial charge in [-0.05, 0) is 66.8 Å². The summed E-state index contributed by atoms with van der Waals surface area (Å²) < 4.78 is 27.9. The summed E-state index contributed by atoms with van der Waals surface area (Å²) in [6.45, 7) is 0. The van der Waals surface area contributed by atoms with Crippen molar-refractivity contribution < 1.29 is 23.2 Å².